The molecule has 0 fully saturated rings. The Balaban J connectivity index is 2.04. The maximum absolute atomic E-state index is 9.53. The standard InChI is InChI=1S/C15H15O2/c1-2-13-10-14(8-9-15(13)16)17-11-12-6-4-3-5-7-12/h2-10,16H,11H2,1H3. The lowest BCUT2D eigenvalue weighted by molar-refractivity contribution is 0.305. The summed E-state index contributed by atoms with van der Waals surface area (Å²) in [5.74, 6) is 1.04. The van der Waals surface area contributed by atoms with E-state index in [2.05, 4.69) is 0 Å². The summed E-state index contributed by atoms with van der Waals surface area (Å²) >= 11 is 0. The van der Waals surface area contributed by atoms with Crippen molar-refractivity contribution in [3.63, 3.8) is 0 Å². The van der Waals surface area contributed by atoms with Gasteiger partial charge in [-0.05, 0) is 30.2 Å². The number of rotatable bonds is 4. The fraction of sp³-hybridized carbons (Fsp3) is 0.133. The molecule has 0 amide bonds. The van der Waals surface area contributed by atoms with Crippen molar-refractivity contribution >= 4 is 0 Å². The van der Waals surface area contributed by atoms with Crippen molar-refractivity contribution in [2.24, 2.45) is 0 Å². The van der Waals surface area contributed by atoms with E-state index in [1.807, 2.05) is 49.7 Å². The van der Waals surface area contributed by atoms with Gasteiger partial charge in [-0.2, -0.15) is 0 Å². The quantitative estimate of drug-likeness (QED) is 0.865. The smallest absolute Gasteiger partial charge is 0.120 e. The summed E-state index contributed by atoms with van der Waals surface area (Å²) in [5, 5.41) is 9.53. The third kappa shape index (κ3) is 3.00. The number of hydrogen-bond acceptors (Lipinski definition) is 2. The minimum atomic E-state index is 0.277. The SMILES string of the molecule is C[CH]c1cc(OCc2ccccc2)ccc1O. The second-order valence-electron chi connectivity index (χ2n) is 3.78. The third-order valence-corrected chi connectivity index (χ3v) is 2.56. The molecule has 87 valence electrons. The van der Waals surface area contributed by atoms with Crippen molar-refractivity contribution in [3.05, 3.63) is 66.1 Å². The Bertz CT molecular complexity index is 478. The van der Waals surface area contributed by atoms with E-state index in [4.69, 9.17) is 4.74 Å². The summed E-state index contributed by atoms with van der Waals surface area (Å²) in [5.41, 5.74) is 1.91. The predicted octanol–water partition coefficient (Wildman–Crippen LogP) is 3.54. The van der Waals surface area contributed by atoms with Crippen molar-refractivity contribution < 1.29 is 9.84 Å². The van der Waals surface area contributed by atoms with Crippen LogP contribution in [0.4, 0.5) is 0 Å². The van der Waals surface area contributed by atoms with Crippen molar-refractivity contribution in [1.82, 2.24) is 0 Å². The van der Waals surface area contributed by atoms with Gasteiger partial charge in [0.2, 0.25) is 0 Å². The van der Waals surface area contributed by atoms with Crippen LogP contribution in [-0.4, -0.2) is 5.11 Å². The molecule has 1 radical (unpaired) electrons. The summed E-state index contributed by atoms with van der Waals surface area (Å²) < 4.78 is 5.66. The van der Waals surface area contributed by atoms with Gasteiger partial charge in [0.15, 0.2) is 0 Å². The highest BCUT2D eigenvalue weighted by Crippen LogP contribution is 2.24. The molecule has 0 atom stereocenters. The van der Waals surface area contributed by atoms with Crippen LogP contribution in [-0.2, 0) is 6.61 Å². The van der Waals surface area contributed by atoms with Crippen LogP contribution in [0.1, 0.15) is 18.1 Å². The molecule has 0 aliphatic heterocycles. The number of phenols is 1. The normalized spacial score (nSPS) is 10.2. The van der Waals surface area contributed by atoms with Crippen molar-refractivity contribution in [2.45, 2.75) is 13.5 Å². The first-order valence-electron chi connectivity index (χ1n) is 5.58. The van der Waals surface area contributed by atoms with Crippen LogP contribution in [0.3, 0.4) is 0 Å². The molecular weight excluding hydrogens is 212 g/mol. The highest BCUT2D eigenvalue weighted by molar-refractivity contribution is 5.43. The molecule has 0 unspecified atom stereocenters. The lowest BCUT2D eigenvalue weighted by Gasteiger charge is -2.08. The maximum Gasteiger partial charge on any atom is 0.120 e. The second kappa shape index (κ2) is 5.39. The van der Waals surface area contributed by atoms with Gasteiger partial charge in [0.05, 0.1) is 0 Å². The molecule has 2 aromatic rings. The van der Waals surface area contributed by atoms with Crippen LogP contribution >= 0.6 is 0 Å². The Morgan fingerprint density at radius 1 is 1.12 bits per heavy atom. The van der Waals surface area contributed by atoms with E-state index in [1.54, 1.807) is 12.1 Å². The minimum Gasteiger partial charge on any atom is -0.508 e. The molecule has 17 heavy (non-hydrogen) atoms. The molecule has 2 rings (SSSR count). The summed E-state index contributed by atoms with van der Waals surface area (Å²) in [7, 11) is 0. The zero-order valence-electron chi connectivity index (χ0n) is 9.76. The van der Waals surface area contributed by atoms with Gasteiger partial charge in [0, 0.05) is 5.56 Å². The van der Waals surface area contributed by atoms with Crippen molar-refractivity contribution in [1.29, 1.82) is 0 Å². The Kier molecular flexibility index (Phi) is 3.66. The molecule has 0 aliphatic carbocycles. The van der Waals surface area contributed by atoms with Gasteiger partial charge in [-0.1, -0.05) is 37.3 Å². The lowest BCUT2D eigenvalue weighted by Crippen LogP contribution is -1.95. The first-order chi connectivity index (χ1) is 8.29. The molecule has 2 aromatic carbocycles. The number of phenolic OH excluding ortho intramolecular Hbond substituents is 1. The molecule has 0 aromatic heterocycles. The van der Waals surface area contributed by atoms with E-state index >= 15 is 0 Å². The highest BCUT2D eigenvalue weighted by atomic mass is 16.5. The highest BCUT2D eigenvalue weighted by Gasteiger charge is 2.02. The molecule has 0 bridgehead atoms. The van der Waals surface area contributed by atoms with Gasteiger partial charge in [0.1, 0.15) is 18.1 Å². The van der Waals surface area contributed by atoms with E-state index < -0.39 is 0 Å². The van der Waals surface area contributed by atoms with Crippen molar-refractivity contribution in [3.8, 4) is 11.5 Å². The Morgan fingerprint density at radius 3 is 2.59 bits per heavy atom. The van der Waals surface area contributed by atoms with E-state index in [9.17, 15) is 5.11 Å². The van der Waals surface area contributed by atoms with Crippen LogP contribution in [0.15, 0.2) is 48.5 Å². The average molecular weight is 227 g/mol. The minimum absolute atomic E-state index is 0.277. The van der Waals surface area contributed by atoms with Crippen LogP contribution < -0.4 is 4.74 Å². The molecule has 1 N–H and O–H groups in total. The second-order valence-corrected chi connectivity index (χ2v) is 3.78. The van der Waals surface area contributed by atoms with Crippen LogP contribution in [0.5, 0.6) is 11.5 Å². The Labute approximate surface area is 101 Å². The zero-order chi connectivity index (χ0) is 12.1. The monoisotopic (exact) mass is 227 g/mol. The molecule has 0 heterocycles. The Hall–Kier alpha value is -1.96. The molecule has 0 saturated carbocycles. The third-order valence-electron chi connectivity index (χ3n) is 2.56. The van der Waals surface area contributed by atoms with Gasteiger partial charge in [-0.15, -0.1) is 0 Å². The van der Waals surface area contributed by atoms with E-state index in [0.29, 0.717) is 6.61 Å². The average Bonchev–Trinajstić information content (AvgIpc) is 2.39. The van der Waals surface area contributed by atoms with Gasteiger partial charge in [0.25, 0.3) is 0 Å². The summed E-state index contributed by atoms with van der Waals surface area (Å²) in [6, 6.07) is 15.2. The van der Waals surface area contributed by atoms with E-state index in [0.717, 1.165) is 16.9 Å². The van der Waals surface area contributed by atoms with E-state index in [-0.39, 0.29) is 5.75 Å². The number of hydrogen-bond donors (Lipinski definition) is 1. The van der Waals surface area contributed by atoms with Gasteiger partial charge in [-0.3, -0.25) is 0 Å². The maximum atomic E-state index is 9.53. The zero-order valence-corrected chi connectivity index (χ0v) is 9.76. The fourth-order valence-corrected chi connectivity index (χ4v) is 1.59. The largest absolute Gasteiger partial charge is 0.508 e. The Morgan fingerprint density at radius 2 is 1.88 bits per heavy atom. The summed E-state index contributed by atoms with van der Waals surface area (Å²) in [6.45, 7) is 2.42. The molecule has 2 nitrogen and oxygen atoms in total. The predicted molar refractivity (Wildman–Crippen MR) is 68.0 cm³/mol. The first-order valence-corrected chi connectivity index (χ1v) is 5.58. The fourth-order valence-electron chi connectivity index (χ4n) is 1.59. The van der Waals surface area contributed by atoms with Gasteiger partial charge >= 0.3 is 0 Å². The summed E-state index contributed by atoms with van der Waals surface area (Å²) in [4.78, 5) is 0. The molecule has 0 spiro atoms. The number of aromatic hydroxyl groups is 1. The molecule has 0 saturated heterocycles. The molecular formula is C15H15O2. The van der Waals surface area contributed by atoms with Gasteiger partial charge < -0.3 is 9.84 Å². The summed E-state index contributed by atoms with van der Waals surface area (Å²) in [6.07, 6.45) is 1.85. The van der Waals surface area contributed by atoms with Crippen molar-refractivity contribution in [2.75, 3.05) is 0 Å². The van der Waals surface area contributed by atoms with Crippen LogP contribution in [0.2, 0.25) is 0 Å². The van der Waals surface area contributed by atoms with Gasteiger partial charge in [-0.25, -0.2) is 0 Å². The van der Waals surface area contributed by atoms with Crippen LogP contribution in [0.25, 0.3) is 0 Å². The molecule has 0 aliphatic rings. The first kappa shape index (κ1) is 11.5. The topological polar surface area (TPSA) is 29.5 Å². The van der Waals surface area contributed by atoms with E-state index in [1.165, 1.54) is 0 Å². The lowest BCUT2D eigenvalue weighted by atomic mass is 10.1. The molecule has 2 heteroatoms. The number of ether oxygens (including phenoxy) is 1. The number of benzene rings is 2. The van der Waals surface area contributed by atoms with Crippen LogP contribution in [0, 0.1) is 6.42 Å².